The van der Waals surface area contributed by atoms with Crippen LogP contribution in [0.25, 0.3) is 0 Å². The van der Waals surface area contributed by atoms with Crippen LogP contribution in [0.4, 0.5) is 4.39 Å². The van der Waals surface area contributed by atoms with Crippen LogP contribution < -0.4 is 5.32 Å². The molecule has 1 aromatic rings. The molecular formula is C16H23FN2O. The van der Waals surface area contributed by atoms with Crippen LogP contribution in [0, 0.1) is 5.82 Å². The van der Waals surface area contributed by atoms with E-state index in [1.165, 1.54) is 38.1 Å². The molecule has 0 saturated carbocycles. The number of rotatable bonds is 7. The Morgan fingerprint density at radius 3 is 2.60 bits per heavy atom. The molecule has 0 aliphatic carbocycles. The van der Waals surface area contributed by atoms with Gasteiger partial charge >= 0.3 is 0 Å². The van der Waals surface area contributed by atoms with Gasteiger partial charge in [0.15, 0.2) is 0 Å². The van der Waals surface area contributed by atoms with Crippen LogP contribution in [0.3, 0.4) is 0 Å². The molecule has 0 aromatic heterocycles. The van der Waals surface area contributed by atoms with Crippen molar-refractivity contribution in [1.82, 2.24) is 10.2 Å². The molecule has 110 valence electrons. The molecule has 2 rings (SSSR count). The molecule has 1 N–H and O–H groups in total. The maximum atomic E-state index is 12.7. The Kier molecular flexibility index (Phi) is 5.99. The Morgan fingerprint density at radius 1 is 1.20 bits per heavy atom. The molecule has 0 radical (unpaired) electrons. The summed E-state index contributed by atoms with van der Waals surface area (Å²) in [6.45, 7) is 4.24. The van der Waals surface area contributed by atoms with Crippen molar-refractivity contribution in [3.8, 4) is 0 Å². The molecule has 4 heteroatoms. The summed E-state index contributed by atoms with van der Waals surface area (Å²) in [5.74, 6) is -0.157. The number of aryl methyl sites for hydroxylation is 1. The van der Waals surface area contributed by atoms with E-state index in [4.69, 9.17) is 0 Å². The molecular weight excluding hydrogens is 255 g/mol. The zero-order valence-corrected chi connectivity index (χ0v) is 11.9. The van der Waals surface area contributed by atoms with Crippen LogP contribution in [-0.2, 0) is 11.2 Å². The molecule has 1 saturated heterocycles. The zero-order valence-electron chi connectivity index (χ0n) is 11.9. The highest BCUT2D eigenvalue weighted by Gasteiger charge is 2.10. The second-order valence-electron chi connectivity index (χ2n) is 5.38. The van der Waals surface area contributed by atoms with Crippen LogP contribution in [0.1, 0.15) is 31.2 Å². The van der Waals surface area contributed by atoms with E-state index in [1.54, 1.807) is 12.1 Å². The Balaban J connectivity index is 1.54. The average molecular weight is 278 g/mol. The minimum atomic E-state index is -0.236. The first kappa shape index (κ1) is 15.0. The highest BCUT2D eigenvalue weighted by atomic mass is 19.1. The van der Waals surface area contributed by atoms with E-state index in [2.05, 4.69) is 10.2 Å². The van der Waals surface area contributed by atoms with E-state index in [-0.39, 0.29) is 11.7 Å². The predicted octanol–water partition coefficient (Wildman–Crippen LogP) is 2.36. The molecule has 1 aliphatic heterocycles. The van der Waals surface area contributed by atoms with Crippen LogP contribution in [0.15, 0.2) is 24.3 Å². The third kappa shape index (κ3) is 5.29. The number of hydrogen-bond donors (Lipinski definition) is 1. The summed E-state index contributed by atoms with van der Waals surface area (Å²) in [4.78, 5) is 14.1. The molecule has 3 nitrogen and oxygen atoms in total. The van der Waals surface area contributed by atoms with Crippen LogP contribution in [-0.4, -0.2) is 37.0 Å². The third-order valence-corrected chi connectivity index (χ3v) is 3.73. The third-order valence-electron chi connectivity index (χ3n) is 3.73. The van der Waals surface area contributed by atoms with Gasteiger partial charge in [-0.3, -0.25) is 4.79 Å². The van der Waals surface area contributed by atoms with Crippen molar-refractivity contribution in [2.75, 3.05) is 26.2 Å². The van der Waals surface area contributed by atoms with Gasteiger partial charge < -0.3 is 10.2 Å². The van der Waals surface area contributed by atoms with E-state index < -0.39 is 0 Å². The quantitative estimate of drug-likeness (QED) is 0.777. The first-order valence-electron chi connectivity index (χ1n) is 7.47. The highest BCUT2D eigenvalue weighted by molar-refractivity contribution is 5.76. The normalized spacial score (nSPS) is 15.4. The van der Waals surface area contributed by atoms with Gasteiger partial charge in [0.25, 0.3) is 0 Å². The monoisotopic (exact) mass is 278 g/mol. The lowest BCUT2D eigenvalue weighted by Gasteiger charge is -2.14. The summed E-state index contributed by atoms with van der Waals surface area (Å²) in [6.07, 6.45) is 4.77. The van der Waals surface area contributed by atoms with Gasteiger partial charge in [0.1, 0.15) is 5.82 Å². The maximum Gasteiger partial charge on any atom is 0.220 e. The largest absolute Gasteiger partial charge is 0.356 e. The summed E-state index contributed by atoms with van der Waals surface area (Å²) in [7, 11) is 0. The molecule has 0 spiro atoms. The number of carbonyl (C=O) groups is 1. The molecule has 1 aromatic carbocycles. The SMILES string of the molecule is O=C(CCc1ccc(F)cc1)NCCCN1CCCC1. The van der Waals surface area contributed by atoms with E-state index >= 15 is 0 Å². The Hall–Kier alpha value is -1.42. The van der Waals surface area contributed by atoms with Gasteiger partial charge in [-0.15, -0.1) is 0 Å². The Labute approximate surface area is 120 Å². The molecule has 1 heterocycles. The van der Waals surface area contributed by atoms with E-state index in [0.29, 0.717) is 12.8 Å². The van der Waals surface area contributed by atoms with Crippen molar-refractivity contribution < 1.29 is 9.18 Å². The van der Waals surface area contributed by atoms with Gasteiger partial charge in [-0.25, -0.2) is 4.39 Å². The molecule has 0 unspecified atom stereocenters. The van der Waals surface area contributed by atoms with Crippen LogP contribution >= 0.6 is 0 Å². The van der Waals surface area contributed by atoms with Crippen LogP contribution in [0.2, 0.25) is 0 Å². The van der Waals surface area contributed by atoms with Gasteiger partial charge in [-0.1, -0.05) is 12.1 Å². The van der Waals surface area contributed by atoms with Crippen molar-refractivity contribution in [1.29, 1.82) is 0 Å². The smallest absolute Gasteiger partial charge is 0.220 e. The van der Waals surface area contributed by atoms with Crippen molar-refractivity contribution >= 4 is 5.91 Å². The molecule has 1 fully saturated rings. The summed E-state index contributed by atoms with van der Waals surface area (Å²) in [6, 6.07) is 6.33. The number of benzene rings is 1. The second-order valence-corrected chi connectivity index (χ2v) is 5.38. The Morgan fingerprint density at radius 2 is 1.90 bits per heavy atom. The summed E-state index contributed by atoms with van der Waals surface area (Å²) < 4.78 is 12.7. The lowest BCUT2D eigenvalue weighted by atomic mass is 10.1. The summed E-state index contributed by atoms with van der Waals surface area (Å²) >= 11 is 0. The van der Waals surface area contributed by atoms with E-state index in [0.717, 1.165) is 25.1 Å². The number of likely N-dealkylation sites (tertiary alicyclic amines) is 1. The van der Waals surface area contributed by atoms with Crippen LogP contribution in [0.5, 0.6) is 0 Å². The first-order chi connectivity index (χ1) is 9.74. The average Bonchev–Trinajstić information content (AvgIpc) is 2.96. The summed E-state index contributed by atoms with van der Waals surface area (Å²) in [5.41, 5.74) is 0.999. The van der Waals surface area contributed by atoms with E-state index in [1.807, 2.05) is 0 Å². The number of nitrogens with zero attached hydrogens (tertiary/aromatic N) is 1. The predicted molar refractivity (Wildman–Crippen MR) is 78.0 cm³/mol. The number of amides is 1. The summed E-state index contributed by atoms with van der Waals surface area (Å²) in [5, 5.41) is 2.95. The number of hydrogen-bond acceptors (Lipinski definition) is 2. The lowest BCUT2D eigenvalue weighted by Crippen LogP contribution is -2.28. The lowest BCUT2D eigenvalue weighted by molar-refractivity contribution is -0.121. The van der Waals surface area contributed by atoms with Crippen molar-refractivity contribution in [3.63, 3.8) is 0 Å². The molecule has 1 amide bonds. The van der Waals surface area contributed by atoms with Gasteiger partial charge in [-0.2, -0.15) is 0 Å². The first-order valence-corrected chi connectivity index (χ1v) is 7.47. The minimum Gasteiger partial charge on any atom is -0.356 e. The molecule has 20 heavy (non-hydrogen) atoms. The minimum absolute atomic E-state index is 0.0794. The fourth-order valence-electron chi connectivity index (χ4n) is 2.53. The highest BCUT2D eigenvalue weighted by Crippen LogP contribution is 2.07. The van der Waals surface area contributed by atoms with Gasteiger partial charge in [0.2, 0.25) is 5.91 Å². The fourth-order valence-corrected chi connectivity index (χ4v) is 2.53. The zero-order chi connectivity index (χ0) is 14.2. The second kappa shape index (κ2) is 8.00. The fraction of sp³-hybridized carbons (Fsp3) is 0.562. The van der Waals surface area contributed by atoms with Gasteiger partial charge in [0, 0.05) is 13.0 Å². The van der Waals surface area contributed by atoms with Crippen molar-refractivity contribution in [2.24, 2.45) is 0 Å². The molecule has 1 aliphatic rings. The molecule has 0 atom stereocenters. The standard InChI is InChI=1S/C16H23FN2O/c17-15-7-4-14(5-8-15)6-9-16(20)18-10-3-13-19-11-1-2-12-19/h4-5,7-8H,1-3,6,9-13H2,(H,18,20). The maximum absolute atomic E-state index is 12.7. The number of carbonyl (C=O) groups excluding carboxylic acids is 1. The van der Waals surface area contributed by atoms with Gasteiger partial charge in [0.05, 0.1) is 0 Å². The van der Waals surface area contributed by atoms with Gasteiger partial charge in [-0.05, 0) is 63.0 Å². The number of nitrogens with one attached hydrogen (secondary N) is 1. The number of halogens is 1. The topological polar surface area (TPSA) is 32.3 Å². The van der Waals surface area contributed by atoms with Crippen molar-refractivity contribution in [3.05, 3.63) is 35.6 Å². The van der Waals surface area contributed by atoms with E-state index in [9.17, 15) is 9.18 Å². The molecule has 0 bridgehead atoms. The Bertz CT molecular complexity index is 413. The van der Waals surface area contributed by atoms with Crippen molar-refractivity contribution in [2.45, 2.75) is 32.1 Å².